The van der Waals surface area contributed by atoms with Gasteiger partial charge in [-0.3, -0.25) is 14.6 Å². The Balaban J connectivity index is 1.70. The van der Waals surface area contributed by atoms with E-state index in [1.54, 1.807) is 42.4 Å². The lowest BCUT2D eigenvalue weighted by atomic mass is 10.1. The Kier molecular flexibility index (Phi) is 5.80. The topological polar surface area (TPSA) is 88.6 Å². The van der Waals surface area contributed by atoms with Crippen LogP contribution >= 0.6 is 0 Å². The molecule has 2 heterocycles. The molecule has 27 heavy (non-hydrogen) atoms. The van der Waals surface area contributed by atoms with Gasteiger partial charge in [-0.2, -0.15) is 0 Å². The van der Waals surface area contributed by atoms with Crippen molar-refractivity contribution in [2.45, 2.75) is 25.8 Å². The van der Waals surface area contributed by atoms with Crippen LogP contribution in [0.25, 0.3) is 0 Å². The summed E-state index contributed by atoms with van der Waals surface area (Å²) in [5.74, 6) is -1.79. The normalized spacial score (nSPS) is 16.0. The Bertz CT molecular complexity index is 838. The molecule has 1 aliphatic heterocycles. The zero-order valence-electron chi connectivity index (χ0n) is 15.1. The number of amides is 2. The number of pyridine rings is 1. The Labute approximate surface area is 157 Å². The van der Waals surface area contributed by atoms with E-state index < -0.39 is 17.8 Å². The van der Waals surface area contributed by atoms with E-state index in [9.17, 15) is 14.4 Å². The minimum Gasteiger partial charge on any atom is -0.462 e. The number of likely N-dealkylation sites (tertiary alicyclic amines) is 1. The first kappa shape index (κ1) is 18.6. The van der Waals surface area contributed by atoms with Crippen molar-refractivity contribution in [3.8, 4) is 0 Å². The second-order valence-electron chi connectivity index (χ2n) is 6.19. The molecule has 2 aromatic rings. The predicted molar refractivity (Wildman–Crippen MR) is 99.0 cm³/mol. The molecule has 140 valence electrons. The maximum atomic E-state index is 12.7. The summed E-state index contributed by atoms with van der Waals surface area (Å²) in [5.41, 5.74) is 1.66. The van der Waals surface area contributed by atoms with Crippen LogP contribution in [0.2, 0.25) is 0 Å². The Morgan fingerprint density at radius 3 is 2.74 bits per heavy atom. The standard InChI is InChI=1S/C20H21N3O4/c1-2-27-20(26)15-5-3-6-16(13-15)22-18(24)19(25)23-12-4-7-17(23)14-8-10-21-11-9-14/h3,5-6,8-11,13,17H,2,4,7,12H2,1H3,(H,22,24)/t17-/m1/s1. The van der Waals surface area contributed by atoms with Gasteiger partial charge in [-0.05, 0) is 55.7 Å². The van der Waals surface area contributed by atoms with Gasteiger partial charge in [0.15, 0.2) is 0 Å². The third-order valence-corrected chi connectivity index (χ3v) is 4.43. The molecule has 1 fully saturated rings. The zero-order chi connectivity index (χ0) is 19.2. The molecule has 1 aromatic carbocycles. The van der Waals surface area contributed by atoms with Crippen LogP contribution in [0.1, 0.15) is 41.7 Å². The van der Waals surface area contributed by atoms with Crippen molar-refractivity contribution in [3.05, 3.63) is 59.9 Å². The second-order valence-corrected chi connectivity index (χ2v) is 6.19. The van der Waals surface area contributed by atoms with Crippen molar-refractivity contribution in [2.24, 2.45) is 0 Å². The van der Waals surface area contributed by atoms with Crippen LogP contribution in [-0.2, 0) is 14.3 Å². The molecule has 3 rings (SSSR count). The number of nitrogens with one attached hydrogen (secondary N) is 1. The lowest BCUT2D eigenvalue weighted by Gasteiger charge is -2.24. The van der Waals surface area contributed by atoms with Gasteiger partial charge in [-0.1, -0.05) is 6.07 Å². The highest BCUT2D eigenvalue weighted by molar-refractivity contribution is 6.39. The summed E-state index contributed by atoms with van der Waals surface area (Å²) in [6.45, 7) is 2.51. The Hall–Kier alpha value is -3.22. The van der Waals surface area contributed by atoms with Gasteiger partial charge < -0.3 is 15.0 Å². The first-order valence-electron chi connectivity index (χ1n) is 8.89. The molecule has 0 spiro atoms. The number of benzene rings is 1. The molecule has 1 aliphatic rings. The number of carbonyl (C=O) groups excluding carboxylic acids is 3. The third-order valence-electron chi connectivity index (χ3n) is 4.43. The molecule has 0 saturated carbocycles. The summed E-state index contributed by atoms with van der Waals surface area (Å²) >= 11 is 0. The van der Waals surface area contributed by atoms with Gasteiger partial charge in [-0.25, -0.2) is 4.79 Å². The van der Waals surface area contributed by atoms with E-state index in [0.29, 0.717) is 17.8 Å². The van der Waals surface area contributed by atoms with Crippen molar-refractivity contribution >= 4 is 23.5 Å². The summed E-state index contributed by atoms with van der Waals surface area (Å²) in [4.78, 5) is 42.5. The highest BCUT2D eigenvalue weighted by Gasteiger charge is 2.33. The number of aromatic nitrogens is 1. The van der Waals surface area contributed by atoms with Gasteiger partial charge in [0.05, 0.1) is 18.2 Å². The van der Waals surface area contributed by atoms with Gasteiger partial charge in [0.2, 0.25) is 0 Å². The summed E-state index contributed by atoms with van der Waals surface area (Å²) in [7, 11) is 0. The number of hydrogen-bond donors (Lipinski definition) is 1. The molecule has 0 radical (unpaired) electrons. The molecular weight excluding hydrogens is 346 g/mol. The van der Waals surface area contributed by atoms with E-state index in [2.05, 4.69) is 10.3 Å². The minimum atomic E-state index is -0.725. The maximum Gasteiger partial charge on any atom is 0.338 e. The van der Waals surface area contributed by atoms with Gasteiger partial charge in [-0.15, -0.1) is 0 Å². The second kappa shape index (κ2) is 8.44. The quantitative estimate of drug-likeness (QED) is 0.663. The number of hydrogen-bond acceptors (Lipinski definition) is 5. The maximum absolute atomic E-state index is 12.7. The summed E-state index contributed by atoms with van der Waals surface area (Å²) < 4.78 is 4.95. The van der Waals surface area contributed by atoms with Crippen LogP contribution in [0.3, 0.4) is 0 Å². The van der Waals surface area contributed by atoms with Crippen molar-refractivity contribution in [1.82, 2.24) is 9.88 Å². The molecule has 0 aliphatic carbocycles. The molecule has 2 amide bonds. The summed E-state index contributed by atoms with van der Waals surface area (Å²) in [6, 6.07) is 9.93. The average molecular weight is 367 g/mol. The molecule has 1 N–H and O–H groups in total. The van der Waals surface area contributed by atoms with Crippen molar-refractivity contribution in [2.75, 3.05) is 18.5 Å². The number of carbonyl (C=O) groups is 3. The van der Waals surface area contributed by atoms with Crippen molar-refractivity contribution in [3.63, 3.8) is 0 Å². The van der Waals surface area contributed by atoms with E-state index in [4.69, 9.17) is 4.74 Å². The molecule has 1 atom stereocenters. The fourth-order valence-corrected chi connectivity index (χ4v) is 3.20. The van der Waals surface area contributed by atoms with Gasteiger partial charge in [0.1, 0.15) is 0 Å². The zero-order valence-corrected chi connectivity index (χ0v) is 15.1. The van der Waals surface area contributed by atoms with E-state index in [1.165, 1.54) is 6.07 Å². The summed E-state index contributed by atoms with van der Waals surface area (Å²) in [6.07, 6.45) is 5.00. The van der Waals surface area contributed by atoms with Crippen molar-refractivity contribution < 1.29 is 19.1 Å². The van der Waals surface area contributed by atoms with Crippen molar-refractivity contribution in [1.29, 1.82) is 0 Å². The molecule has 0 unspecified atom stereocenters. The minimum absolute atomic E-state index is 0.128. The number of anilines is 1. The van der Waals surface area contributed by atoms with Crippen LogP contribution in [0, 0.1) is 0 Å². The summed E-state index contributed by atoms with van der Waals surface area (Å²) in [5, 5.41) is 2.58. The lowest BCUT2D eigenvalue weighted by Crippen LogP contribution is -2.39. The van der Waals surface area contributed by atoms with Crippen LogP contribution in [0.15, 0.2) is 48.8 Å². The van der Waals surface area contributed by atoms with Crippen LogP contribution in [-0.4, -0.2) is 40.8 Å². The fourth-order valence-electron chi connectivity index (χ4n) is 3.20. The first-order chi connectivity index (χ1) is 13.1. The largest absolute Gasteiger partial charge is 0.462 e. The Morgan fingerprint density at radius 2 is 2.00 bits per heavy atom. The highest BCUT2D eigenvalue weighted by Crippen LogP contribution is 2.31. The van der Waals surface area contributed by atoms with Crippen LogP contribution < -0.4 is 5.32 Å². The molecule has 1 saturated heterocycles. The van der Waals surface area contributed by atoms with E-state index in [0.717, 1.165) is 18.4 Å². The monoisotopic (exact) mass is 367 g/mol. The van der Waals surface area contributed by atoms with Gasteiger partial charge in [0.25, 0.3) is 0 Å². The van der Waals surface area contributed by atoms with Crippen LogP contribution in [0.5, 0.6) is 0 Å². The average Bonchev–Trinajstić information content (AvgIpc) is 3.18. The Morgan fingerprint density at radius 1 is 1.22 bits per heavy atom. The molecule has 0 bridgehead atoms. The van der Waals surface area contributed by atoms with Crippen LogP contribution in [0.4, 0.5) is 5.69 Å². The highest BCUT2D eigenvalue weighted by atomic mass is 16.5. The van der Waals surface area contributed by atoms with E-state index in [-0.39, 0.29) is 12.6 Å². The smallest absolute Gasteiger partial charge is 0.338 e. The first-order valence-corrected chi connectivity index (χ1v) is 8.89. The SMILES string of the molecule is CCOC(=O)c1cccc(NC(=O)C(=O)N2CCC[C@@H]2c2ccncc2)c1. The number of rotatable bonds is 4. The molecular formula is C20H21N3O4. The third kappa shape index (κ3) is 4.31. The number of nitrogens with zero attached hydrogens (tertiary/aromatic N) is 2. The molecule has 1 aromatic heterocycles. The lowest BCUT2D eigenvalue weighted by molar-refractivity contribution is -0.143. The van der Waals surface area contributed by atoms with Gasteiger partial charge in [0, 0.05) is 24.6 Å². The molecule has 7 heteroatoms. The predicted octanol–water partition coefficient (Wildman–Crippen LogP) is 2.56. The van der Waals surface area contributed by atoms with Gasteiger partial charge >= 0.3 is 17.8 Å². The van der Waals surface area contributed by atoms with E-state index >= 15 is 0 Å². The number of ether oxygens (including phenoxy) is 1. The fraction of sp³-hybridized carbons (Fsp3) is 0.300. The molecule has 7 nitrogen and oxygen atoms in total. The van der Waals surface area contributed by atoms with E-state index in [1.807, 2.05) is 12.1 Å². The number of esters is 1.